The zero-order valence-corrected chi connectivity index (χ0v) is 11.1. The topological polar surface area (TPSA) is 69.4 Å². The van der Waals surface area contributed by atoms with Crippen molar-refractivity contribution in [2.75, 3.05) is 23.8 Å². The first kappa shape index (κ1) is 13.8. The molecule has 5 heteroatoms. The largest absolute Gasteiger partial charge is 0.493 e. The van der Waals surface area contributed by atoms with E-state index in [2.05, 4.69) is 0 Å². The van der Waals surface area contributed by atoms with Gasteiger partial charge in [-0.05, 0) is 37.1 Å². The number of aryl methyl sites for hydroxylation is 1. The van der Waals surface area contributed by atoms with Gasteiger partial charge in [0.1, 0.15) is 15.6 Å². The Morgan fingerprint density at radius 3 is 2.65 bits per heavy atom. The number of benzene rings is 1. The lowest BCUT2D eigenvalue weighted by molar-refractivity contribution is 0.315. The van der Waals surface area contributed by atoms with Crippen molar-refractivity contribution in [3.8, 4) is 5.75 Å². The van der Waals surface area contributed by atoms with Gasteiger partial charge < -0.3 is 10.5 Å². The van der Waals surface area contributed by atoms with Crippen molar-refractivity contribution in [3.05, 3.63) is 23.8 Å². The molecule has 0 aromatic heterocycles. The first-order valence-electron chi connectivity index (χ1n) is 5.64. The molecule has 0 spiro atoms. The van der Waals surface area contributed by atoms with Gasteiger partial charge >= 0.3 is 0 Å². The van der Waals surface area contributed by atoms with E-state index in [0.717, 1.165) is 11.3 Å². The van der Waals surface area contributed by atoms with Crippen LogP contribution in [0, 0.1) is 6.92 Å². The molecule has 1 aromatic carbocycles. The summed E-state index contributed by atoms with van der Waals surface area (Å²) in [5.41, 5.74) is 7.28. The SMILES string of the molecule is CCS(=O)(=O)CCCOc1ccc(N)cc1C. The van der Waals surface area contributed by atoms with E-state index < -0.39 is 9.84 Å². The molecule has 0 aliphatic rings. The molecule has 2 N–H and O–H groups in total. The Morgan fingerprint density at radius 2 is 2.06 bits per heavy atom. The number of rotatable bonds is 6. The van der Waals surface area contributed by atoms with Crippen molar-refractivity contribution in [2.45, 2.75) is 20.3 Å². The summed E-state index contributed by atoms with van der Waals surface area (Å²) in [6.45, 7) is 3.97. The summed E-state index contributed by atoms with van der Waals surface area (Å²) in [6, 6.07) is 5.40. The number of nitrogens with two attached hydrogens (primary N) is 1. The predicted molar refractivity (Wildman–Crippen MR) is 70.0 cm³/mol. The van der Waals surface area contributed by atoms with E-state index in [1.54, 1.807) is 19.1 Å². The van der Waals surface area contributed by atoms with Crippen LogP contribution >= 0.6 is 0 Å². The third-order valence-corrected chi connectivity index (χ3v) is 4.29. The van der Waals surface area contributed by atoms with Crippen LogP contribution < -0.4 is 10.5 Å². The summed E-state index contributed by atoms with van der Waals surface area (Å²) in [5, 5.41) is 0. The monoisotopic (exact) mass is 257 g/mol. The van der Waals surface area contributed by atoms with E-state index in [-0.39, 0.29) is 11.5 Å². The van der Waals surface area contributed by atoms with Gasteiger partial charge in [-0.2, -0.15) is 0 Å². The lowest BCUT2D eigenvalue weighted by Gasteiger charge is -2.09. The second-order valence-corrected chi connectivity index (χ2v) is 6.44. The molecule has 0 aliphatic heterocycles. The third-order valence-electron chi connectivity index (χ3n) is 2.50. The highest BCUT2D eigenvalue weighted by atomic mass is 32.2. The summed E-state index contributed by atoms with van der Waals surface area (Å²) in [7, 11) is -2.89. The number of hydrogen-bond acceptors (Lipinski definition) is 4. The third kappa shape index (κ3) is 4.65. The lowest BCUT2D eigenvalue weighted by Crippen LogP contribution is -2.12. The number of nitrogen functional groups attached to an aromatic ring is 1. The fourth-order valence-corrected chi connectivity index (χ4v) is 2.29. The second-order valence-electron chi connectivity index (χ2n) is 3.96. The van der Waals surface area contributed by atoms with E-state index in [9.17, 15) is 8.42 Å². The molecule has 0 saturated heterocycles. The maximum absolute atomic E-state index is 11.3. The van der Waals surface area contributed by atoms with Gasteiger partial charge in [-0.3, -0.25) is 0 Å². The van der Waals surface area contributed by atoms with Crippen LogP contribution in [0.25, 0.3) is 0 Å². The molecule has 17 heavy (non-hydrogen) atoms. The quantitative estimate of drug-likeness (QED) is 0.623. The summed E-state index contributed by atoms with van der Waals surface area (Å²) in [4.78, 5) is 0. The first-order chi connectivity index (χ1) is 7.94. The standard InChI is InChI=1S/C12H19NO3S/c1-3-17(14,15)8-4-7-16-12-6-5-11(13)9-10(12)2/h5-6,9H,3-4,7-8,13H2,1-2H3. The minimum atomic E-state index is -2.89. The van der Waals surface area contributed by atoms with E-state index in [4.69, 9.17) is 10.5 Å². The van der Waals surface area contributed by atoms with Crippen molar-refractivity contribution < 1.29 is 13.2 Å². The predicted octanol–water partition coefficient (Wildman–Crippen LogP) is 1.78. The van der Waals surface area contributed by atoms with Gasteiger partial charge in [-0.25, -0.2) is 8.42 Å². The summed E-state index contributed by atoms with van der Waals surface area (Å²) in [6.07, 6.45) is 0.514. The molecule has 0 fully saturated rings. The normalized spacial score (nSPS) is 11.4. The van der Waals surface area contributed by atoms with Gasteiger partial charge in [0.15, 0.2) is 0 Å². The highest BCUT2D eigenvalue weighted by Crippen LogP contribution is 2.20. The van der Waals surface area contributed by atoms with Gasteiger partial charge in [-0.15, -0.1) is 0 Å². The fourth-order valence-electron chi connectivity index (χ4n) is 1.44. The van der Waals surface area contributed by atoms with Crippen LogP contribution in [-0.2, 0) is 9.84 Å². The molecule has 1 aromatic rings. The van der Waals surface area contributed by atoms with E-state index >= 15 is 0 Å². The average Bonchev–Trinajstić information content (AvgIpc) is 2.27. The van der Waals surface area contributed by atoms with Gasteiger partial charge in [0.25, 0.3) is 0 Å². The lowest BCUT2D eigenvalue weighted by atomic mass is 10.2. The molecule has 1 rings (SSSR count). The average molecular weight is 257 g/mol. The van der Waals surface area contributed by atoms with Crippen molar-refractivity contribution in [3.63, 3.8) is 0 Å². The molecule has 0 aliphatic carbocycles. The van der Waals surface area contributed by atoms with E-state index in [1.807, 2.05) is 13.0 Å². The number of hydrogen-bond donors (Lipinski definition) is 1. The van der Waals surface area contributed by atoms with Crippen LogP contribution in [0.4, 0.5) is 5.69 Å². The molecule has 0 unspecified atom stereocenters. The first-order valence-corrected chi connectivity index (χ1v) is 7.46. The fraction of sp³-hybridized carbons (Fsp3) is 0.500. The Bertz CT molecular complexity index is 469. The minimum Gasteiger partial charge on any atom is -0.493 e. The van der Waals surface area contributed by atoms with Gasteiger partial charge in [-0.1, -0.05) is 6.92 Å². The zero-order chi connectivity index (χ0) is 12.9. The van der Waals surface area contributed by atoms with E-state index in [1.165, 1.54) is 0 Å². The van der Waals surface area contributed by atoms with Crippen LogP contribution in [0.1, 0.15) is 18.9 Å². The van der Waals surface area contributed by atoms with Crippen molar-refractivity contribution in [1.82, 2.24) is 0 Å². The molecule has 96 valence electrons. The highest BCUT2D eigenvalue weighted by Gasteiger charge is 2.07. The maximum Gasteiger partial charge on any atom is 0.150 e. The molecule has 0 bridgehead atoms. The van der Waals surface area contributed by atoms with Crippen LogP contribution in [0.3, 0.4) is 0 Å². The molecule has 4 nitrogen and oxygen atoms in total. The molecule has 0 amide bonds. The summed E-state index contributed by atoms with van der Waals surface area (Å²) in [5.74, 6) is 1.12. The Kier molecular flexibility index (Phi) is 4.81. The maximum atomic E-state index is 11.3. The van der Waals surface area contributed by atoms with Crippen molar-refractivity contribution >= 4 is 15.5 Å². The number of ether oxygens (including phenoxy) is 1. The van der Waals surface area contributed by atoms with Gasteiger partial charge in [0.2, 0.25) is 0 Å². The Labute approximate surface area is 103 Å². The molecular weight excluding hydrogens is 238 g/mol. The highest BCUT2D eigenvalue weighted by molar-refractivity contribution is 7.91. The smallest absolute Gasteiger partial charge is 0.150 e. The zero-order valence-electron chi connectivity index (χ0n) is 10.3. The van der Waals surface area contributed by atoms with Crippen LogP contribution in [0.5, 0.6) is 5.75 Å². The van der Waals surface area contributed by atoms with Crippen LogP contribution in [0.2, 0.25) is 0 Å². The molecule has 0 saturated carbocycles. The molecule has 0 heterocycles. The van der Waals surface area contributed by atoms with E-state index in [0.29, 0.717) is 18.7 Å². The van der Waals surface area contributed by atoms with Gasteiger partial charge in [0.05, 0.1) is 12.4 Å². The van der Waals surface area contributed by atoms with Crippen molar-refractivity contribution in [2.24, 2.45) is 0 Å². The van der Waals surface area contributed by atoms with Gasteiger partial charge in [0, 0.05) is 11.4 Å². The second kappa shape index (κ2) is 5.91. The Hall–Kier alpha value is -1.23. The Balaban J connectivity index is 2.41. The minimum absolute atomic E-state index is 0.178. The van der Waals surface area contributed by atoms with Crippen molar-refractivity contribution in [1.29, 1.82) is 0 Å². The number of anilines is 1. The molecule has 0 atom stereocenters. The number of sulfone groups is 1. The Morgan fingerprint density at radius 1 is 1.35 bits per heavy atom. The van der Waals surface area contributed by atoms with Crippen LogP contribution in [-0.4, -0.2) is 26.5 Å². The molecular formula is C12H19NO3S. The van der Waals surface area contributed by atoms with Crippen LogP contribution in [0.15, 0.2) is 18.2 Å². The summed E-state index contributed by atoms with van der Waals surface area (Å²) >= 11 is 0. The summed E-state index contributed by atoms with van der Waals surface area (Å²) < 4.78 is 28.0. The molecule has 0 radical (unpaired) electrons.